The van der Waals surface area contributed by atoms with Gasteiger partial charge in [-0.2, -0.15) is 5.26 Å². The van der Waals surface area contributed by atoms with Crippen LogP contribution in [0.3, 0.4) is 0 Å². The predicted octanol–water partition coefficient (Wildman–Crippen LogP) is 2.86. The predicted molar refractivity (Wildman–Crippen MR) is 66.8 cm³/mol. The monoisotopic (exact) mass is 246 g/mol. The molecular formula is C12H11ClN4. The van der Waals surface area contributed by atoms with Crippen LogP contribution < -0.4 is 5.32 Å². The summed E-state index contributed by atoms with van der Waals surface area (Å²) in [5.74, 6) is 0.885. The molecule has 2 rings (SSSR count). The number of halogens is 1. The summed E-state index contributed by atoms with van der Waals surface area (Å²) in [5, 5.41) is 12.5. The van der Waals surface area contributed by atoms with Crippen molar-refractivity contribution in [2.75, 3.05) is 5.32 Å². The molecule has 0 unspecified atom stereocenters. The lowest BCUT2D eigenvalue weighted by Crippen LogP contribution is -2.00. The van der Waals surface area contributed by atoms with Gasteiger partial charge in [-0.3, -0.25) is 0 Å². The quantitative estimate of drug-likeness (QED) is 0.875. The number of rotatable bonds is 3. The molecule has 0 aliphatic rings. The maximum atomic E-state index is 8.85. The van der Waals surface area contributed by atoms with Crippen molar-refractivity contribution < 1.29 is 0 Å². The van der Waals surface area contributed by atoms with Gasteiger partial charge in [0.2, 0.25) is 0 Å². The highest BCUT2D eigenvalue weighted by Crippen LogP contribution is 2.19. The highest BCUT2D eigenvalue weighted by molar-refractivity contribution is 6.31. The van der Waals surface area contributed by atoms with Crippen LogP contribution in [-0.4, -0.2) is 9.97 Å². The van der Waals surface area contributed by atoms with Gasteiger partial charge in [-0.25, -0.2) is 4.98 Å². The van der Waals surface area contributed by atoms with Crippen LogP contribution in [0, 0.1) is 18.3 Å². The summed E-state index contributed by atoms with van der Waals surface area (Å²) in [6.45, 7) is 2.53. The minimum atomic E-state index is 0.468. The Morgan fingerprint density at radius 1 is 1.53 bits per heavy atom. The number of aryl methyl sites for hydroxylation is 1. The average Bonchev–Trinajstić information content (AvgIpc) is 2.74. The molecule has 86 valence electrons. The first-order valence-corrected chi connectivity index (χ1v) is 5.51. The molecule has 2 aromatic rings. The number of benzene rings is 1. The molecule has 0 aliphatic carbocycles. The van der Waals surface area contributed by atoms with Crippen molar-refractivity contribution in [1.82, 2.24) is 9.97 Å². The first-order chi connectivity index (χ1) is 8.19. The first kappa shape index (κ1) is 11.5. The number of nitrogens with zero attached hydrogens (tertiary/aromatic N) is 2. The van der Waals surface area contributed by atoms with Crippen LogP contribution >= 0.6 is 11.6 Å². The van der Waals surface area contributed by atoms with Crippen molar-refractivity contribution in [3.05, 3.63) is 46.5 Å². The number of nitrogens with one attached hydrogen (secondary N) is 2. The number of nitriles is 1. The number of H-pyrrole nitrogens is 1. The normalized spacial score (nSPS) is 9.94. The molecule has 5 heteroatoms. The summed E-state index contributed by atoms with van der Waals surface area (Å²) in [7, 11) is 0. The SMILES string of the molecule is Cc1ncc(CNc2ccc(Cl)c(C#N)c2)[nH]1. The minimum Gasteiger partial charge on any atom is -0.379 e. The van der Waals surface area contributed by atoms with E-state index in [-0.39, 0.29) is 0 Å². The summed E-state index contributed by atoms with van der Waals surface area (Å²) in [5.41, 5.74) is 2.33. The maximum Gasteiger partial charge on any atom is 0.103 e. The van der Waals surface area contributed by atoms with Crippen molar-refractivity contribution in [2.24, 2.45) is 0 Å². The van der Waals surface area contributed by atoms with Crippen LogP contribution in [0.4, 0.5) is 5.69 Å². The molecule has 17 heavy (non-hydrogen) atoms. The smallest absolute Gasteiger partial charge is 0.103 e. The number of imidazole rings is 1. The third kappa shape index (κ3) is 2.77. The van der Waals surface area contributed by atoms with Gasteiger partial charge in [-0.1, -0.05) is 11.6 Å². The fourth-order valence-corrected chi connectivity index (χ4v) is 1.64. The molecule has 0 bridgehead atoms. The van der Waals surface area contributed by atoms with E-state index in [1.807, 2.05) is 19.1 Å². The summed E-state index contributed by atoms with van der Waals surface area (Å²) < 4.78 is 0. The zero-order chi connectivity index (χ0) is 12.3. The molecule has 0 saturated carbocycles. The van der Waals surface area contributed by atoms with E-state index in [1.54, 1.807) is 18.3 Å². The summed E-state index contributed by atoms with van der Waals surface area (Å²) in [4.78, 5) is 7.23. The van der Waals surface area contributed by atoms with Gasteiger partial charge in [0, 0.05) is 5.69 Å². The van der Waals surface area contributed by atoms with Crippen molar-refractivity contribution in [3.63, 3.8) is 0 Å². The Kier molecular flexibility index (Phi) is 3.31. The van der Waals surface area contributed by atoms with Gasteiger partial charge < -0.3 is 10.3 Å². The van der Waals surface area contributed by atoms with Crippen LogP contribution in [0.25, 0.3) is 0 Å². The van der Waals surface area contributed by atoms with Crippen LogP contribution in [0.2, 0.25) is 5.02 Å². The summed E-state index contributed by atoms with van der Waals surface area (Å²) >= 11 is 5.85. The fourth-order valence-electron chi connectivity index (χ4n) is 1.48. The van der Waals surface area contributed by atoms with E-state index in [4.69, 9.17) is 16.9 Å². The number of hydrogen-bond acceptors (Lipinski definition) is 3. The van der Waals surface area contributed by atoms with Crippen molar-refractivity contribution in [2.45, 2.75) is 13.5 Å². The van der Waals surface area contributed by atoms with Gasteiger partial charge in [0.1, 0.15) is 11.9 Å². The molecule has 0 amide bonds. The molecule has 1 aromatic heterocycles. The Hall–Kier alpha value is -1.99. The van der Waals surface area contributed by atoms with E-state index in [0.29, 0.717) is 17.1 Å². The van der Waals surface area contributed by atoms with Gasteiger partial charge in [0.05, 0.1) is 29.0 Å². The number of aromatic amines is 1. The second-order valence-electron chi connectivity index (χ2n) is 3.65. The van der Waals surface area contributed by atoms with Gasteiger partial charge in [0.15, 0.2) is 0 Å². The molecule has 1 heterocycles. The molecular weight excluding hydrogens is 236 g/mol. The first-order valence-electron chi connectivity index (χ1n) is 5.13. The van der Waals surface area contributed by atoms with Crippen molar-refractivity contribution in [3.8, 4) is 6.07 Å². The summed E-state index contributed by atoms with van der Waals surface area (Å²) in [6.07, 6.45) is 1.78. The molecule has 0 atom stereocenters. The molecule has 0 fully saturated rings. The number of hydrogen-bond donors (Lipinski definition) is 2. The zero-order valence-electron chi connectivity index (χ0n) is 9.29. The summed E-state index contributed by atoms with van der Waals surface area (Å²) in [6, 6.07) is 7.32. The highest BCUT2D eigenvalue weighted by Gasteiger charge is 2.01. The number of aromatic nitrogens is 2. The van der Waals surface area contributed by atoms with E-state index in [1.165, 1.54) is 0 Å². The second kappa shape index (κ2) is 4.89. The molecule has 0 aliphatic heterocycles. The van der Waals surface area contributed by atoms with Crippen LogP contribution in [0.15, 0.2) is 24.4 Å². The molecule has 0 radical (unpaired) electrons. The lowest BCUT2D eigenvalue weighted by atomic mass is 10.2. The standard InChI is InChI=1S/C12H11ClN4/c1-8-15-6-11(17-8)7-16-10-2-3-12(13)9(4-10)5-14/h2-4,6,16H,7H2,1H3,(H,15,17). The van der Waals surface area contributed by atoms with E-state index in [0.717, 1.165) is 17.2 Å². The average molecular weight is 247 g/mol. The van der Waals surface area contributed by atoms with Crippen molar-refractivity contribution in [1.29, 1.82) is 5.26 Å². The van der Waals surface area contributed by atoms with Crippen LogP contribution in [-0.2, 0) is 6.54 Å². The van der Waals surface area contributed by atoms with E-state index in [9.17, 15) is 0 Å². The zero-order valence-corrected chi connectivity index (χ0v) is 10.0. The molecule has 4 nitrogen and oxygen atoms in total. The van der Waals surface area contributed by atoms with Gasteiger partial charge in [0.25, 0.3) is 0 Å². The van der Waals surface area contributed by atoms with Crippen LogP contribution in [0.5, 0.6) is 0 Å². The van der Waals surface area contributed by atoms with Gasteiger partial charge in [-0.05, 0) is 25.1 Å². The second-order valence-corrected chi connectivity index (χ2v) is 4.06. The molecule has 0 spiro atoms. The third-order valence-corrected chi connectivity index (χ3v) is 2.65. The largest absolute Gasteiger partial charge is 0.379 e. The lowest BCUT2D eigenvalue weighted by molar-refractivity contribution is 1.05. The van der Waals surface area contributed by atoms with Gasteiger partial charge >= 0.3 is 0 Å². The molecule has 2 N–H and O–H groups in total. The number of anilines is 1. The minimum absolute atomic E-state index is 0.468. The molecule has 1 aromatic carbocycles. The Morgan fingerprint density at radius 3 is 3.00 bits per heavy atom. The highest BCUT2D eigenvalue weighted by atomic mass is 35.5. The van der Waals surface area contributed by atoms with Crippen LogP contribution in [0.1, 0.15) is 17.1 Å². The van der Waals surface area contributed by atoms with Gasteiger partial charge in [-0.15, -0.1) is 0 Å². The Morgan fingerprint density at radius 2 is 2.35 bits per heavy atom. The van der Waals surface area contributed by atoms with E-state index < -0.39 is 0 Å². The van der Waals surface area contributed by atoms with Crippen molar-refractivity contribution >= 4 is 17.3 Å². The molecule has 0 saturated heterocycles. The maximum absolute atomic E-state index is 8.85. The Bertz CT molecular complexity index is 568. The Balaban J connectivity index is 2.07. The third-order valence-electron chi connectivity index (χ3n) is 2.33. The topological polar surface area (TPSA) is 64.5 Å². The lowest BCUT2D eigenvalue weighted by Gasteiger charge is -2.05. The van der Waals surface area contributed by atoms with E-state index in [2.05, 4.69) is 15.3 Å². The Labute approximate surface area is 104 Å². The van der Waals surface area contributed by atoms with E-state index >= 15 is 0 Å². The fraction of sp³-hybridized carbons (Fsp3) is 0.167.